The van der Waals surface area contributed by atoms with Gasteiger partial charge in [0, 0.05) is 0 Å². The van der Waals surface area contributed by atoms with Crippen molar-refractivity contribution >= 4 is 18.4 Å². The van der Waals surface area contributed by atoms with E-state index in [1.165, 1.54) is 5.56 Å². The highest BCUT2D eigenvalue weighted by Crippen LogP contribution is 2.38. The molecule has 0 spiro atoms. The van der Waals surface area contributed by atoms with Gasteiger partial charge in [-0.3, -0.25) is 4.79 Å². The van der Waals surface area contributed by atoms with Crippen LogP contribution in [0, 0.1) is 5.92 Å². The van der Waals surface area contributed by atoms with Crippen molar-refractivity contribution in [1.29, 1.82) is 0 Å². The number of rotatable bonds is 3. The van der Waals surface area contributed by atoms with Crippen LogP contribution in [0.1, 0.15) is 18.4 Å². The highest BCUT2D eigenvalue weighted by molar-refractivity contribution is 5.85. The Morgan fingerprint density at radius 2 is 1.94 bits per heavy atom. The van der Waals surface area contributed by atoms with Crippen LogP contribution in [0.2, 0.25) is 0 Å². The second-order valence-corrected chi connectivity index (χ2v) is 4.43. The number of carboxylic acids is 1. The molecule has 1 fully saturated rings. The molecule has 2 rings (SSSR count). The number of nitrogens with two attached hydrogens (primary N) is 1. The molecular weight excluding hydrogens is 226 g/mol. The predicted molar refractivity (Wildman–Crippen MR) is 64.7 cm³/mol. The second kappa shape index (κ2) is 4.85. The zero-order valence-corrected chi connectivity index (χ0v) is 9.74. The van der Waals surface area contributed by atoms with Gasteiger partial charge in [0.15, 0.2) is 0 Å². The van der Waals surface area contributed by atoms with Crippen molar-refractivity contribution in [2.45, 2.75) is 24.8 Å². The van der Waals surface area contributed by atoms with Crippen LogP contribution >= 0.6 is 12.4 Å². The van der Waals surface area contributed by atoms with Crippen molar-refractivity contribution < 1.29 is 9.90 Å². The van der Waals surface area contributed by atoms with E-state index in [-0.39, 0.29) is 12.4 Å². The molecule has 3 N–H and O–H groups in total. The van der Waals surface area contributed by atoms with Gasteiger partial charge in [0.1, 0.15) is 5.54 Å². The van der Waals surface area contributed by atoms with E-state index in [0.29, 0.717) is 18.8 Å². The Labute approximate surface area is 101 Å². The SMILES string of the molecule is Cl.NC1(C(=O)O)CC(Cc2ccccc2)C1. The molecule has 0 radical (unpaired) electrons. The summed E-state index contributed by atoms with van der Waals surface area (Å²) in [5.41, 5.74) is 5.99. The van der Waals surface area contributed by atoms with Crippen LogP contribution in [0.15, 0.2) is 30.3 Å². The lowest BCUT2D eigenvalue weighted by Gasteiger charge is -2.41. The summed E-state index contributed by atoms with van der Waals surface area (Å²) < 4.78 is 0. The minimum absolute atomic E-state index is 0. The maximum Gasteiger partial charge on any atom is 0.323 e. The Hall–Kier alpha value is -1.06. The van der Waals surface area contributed by atoms with Gasteiger partial charge in [-0.05, 0) is 30.7 Å². The van der Waals surface area contributed by atoms with E-state index in [1.54, 1.807) is 0 Å². The molecule has 0 saturated heterocycles. The minimum Gasteiger partial charge on any atom is -0.480 e. The van der Waals surface area contributed by atoms with Gasteiger partial charge in [0.2, 0.25) is 0 Å². The fraction of sp³-hybridized carbons (Fsp3) is 0.417. The summed E-state index contributed by atoms with van der Waals surface area (Å²) in [6.45, 7) is 0. The molecule has 0 unspecified atom stereocenters. The number of carboxylic acid groups (broad SMARTS) is 1. The van der Waals surface area contributed by atoms with E-state index < -0.39 is 11.5 Å². The third-order valence-corrected chi connectivity index (χ3v) is 3.10. The Morgan fingerprint density at radius 3 is 2.44 bits per heavy atom. The van der Waals surface area contributed by atoms with E-state index in [2.05, 4.69) is 12.1 Å². The van der Waals surface area contributed by atoms with Crippen LogP contribution < -0.4 is 5.73 Å². The van der Waals surface area contributed by atoms with Gasteiger partial charge in [0.05, 0.1) is 0 Å². The molecule has 3 nitrogen and oxygen atoms in total. The predicted octanol–water partition coefficient (Wildman–Crippen LogP) is 1.84. The molecule has 0 aliphatic heterocycles. The number of hydrogen-bond acceptors (Lipinski definition) is 2. The first-order valence-corrected chi connectivity index (χ1v) is 5.16. The van der Waals surface area contributed by atoms with Crippen LogP contribution in [-0.4, -0.2) is 16.6 Å². The summed E-state index contributed by atoms with van der Waals surface area (Å²) in [6, 6.07) is 10.1. The molecule has 0 aromatic heterocycles. The summed E-state index contributed by atoms with van der Waals surface area (Å²) >= 11 is 0. The van der Waals surface area contributed by atoms with Crippen molar-refractivity contribution in [3.05, 3.63) is 35.9 Å². The van der Waals surface area contributed by atoms with Crippen molar-refractivity contribution in [2.24, 2.45) is 11.7 Å². The molecule has 1 saturated carbocycles. The standard InChI is InChI=1S/C12H15NO2.ClH/c13-12(11(14)15)7-10(8-12)6-9-4-2-1-3-5-9;/h1-5,10H,6-8,13H2,(H,14,15);1H. The van der Waals surface area contributed by atoms with Gasteiger partial charge in [-0.25, -0.2) is 0 Å². The molecule has 0 atom stereocenters. The van der Waals surface area contributed by atoms with Gasteiger partial charge in [0.25, 0.3) is 0 Å². The lowest BCUT2D eigenvalue weighted by atomic mass is 9.67. The molecule has 1 aliphatic rings. The Balaban J connectivity index is 0.00000128. The van der Waals surface area contributed by atoms with Gasteiger partial charge in [-0.15, -0.1) is 12.4 Å². The number of halogens is 1. The first-order valence-electron chi connectivity index (χ1n) is 5.16. The molecule has 0 heterocycles. The smallest absolute Gasteiger partial charge is 0.323 e. The molecule has 1 aliphatic carbocycles. The zero-order chi connectivity index (χ0) is 10.9. The Bertz CT molecular complexity index is 361. The average molecular weight is 242 g/mol. The summed E-state index contributed by atoms with van der Waals surface area (Å²) in [7, 11) is 0. The molecule has 16 heavy (non-hydrogen) atoms. The van der Waals surface area contributed by atoms with E-state index >= 15 is 0 Å². The first kappa shape index (κ1) is 13.0. The molecular formula is C12H16ClNO2. The maximum absolute atomic E-state index is 10.8. The van der Waals surface area contributed by atoms with Crippen LogP contribution in [0.5, 0.6) is 0 Å². The van der Waals surface area contributed by atoms with Gasteiger partial charge in [-0.1, -0.05) is 30.3 Å². The van der Waals surface area contributed by atoms with Gasteiger partial charge >= 0.3 is 5.97 Å². The number of aliphatic carboxylic acids is 1. The second-order valence-electron chi connectivity index (χ2n) is 4.43. The van der Waals surface area contributed by atoms with Crippen LogP contribution in [0.4, 0.5) is 0 Å². The van der Waals surface area contributed by atoms with Gasteiger partial charge in [-0.2, -0.15) is 0 Å². The average Bonchev–Trinajstić information content (AvgIpc) is 2.16. The highest BCUT2D eigenvalue weighted by Gasteiger charge is 2.46. The van der Waals surface area contributed by atoms with Crippen molar-refractivity contribution in [1.82, 2.24) is 0 Å². The number of benzene rings is 1. The van der Waals surface area contributed by atoms with E-state index in [4.69, 9.17) is 10.8 Å². The third-order valence-electron chi connectivity index (χ3n) is 3.10. The van der Waals surface area contributed by atoms with Crippen LogP contribution in [0.3, 0.4) is 0 Å². The minimum atomic E-state index is -0.959. The van der Waals surface area contributed by atoms with Crippen molar-refractivity contribution in [3.8, 4) is 0 Å². The first-order chi connectivity index (χ1) is 7.10. The monoisotopic (exact) mass is 241 g/mol. The lowest BCUT2D eigenvalue weighted by molar-refractivity contribution is -0.148. The number of hydrogen-bond donors (Lipinski definition) is 2. The van der Waals surface area contributed by atoms with E-state index in [1.807, 2.05) is 18.2 Å². The fourth-order valence-corrected chi connectivity index (χ4v) is 2.24. The van der Waals surface area contributed by atoms with Crippen molar-refractivity contribution in [2.75, 3.05) is 0 Å². The van der Waals surface area contributed by atoms with Crippen LogP contribution in [-0.2, 0) is 11.2 Å². The van der Waals surface area contributed by atoms with E-state index in [9.17, 15) is 4.79 Å². The molecule has 4 heteroatoms. The summed E-state index contributed by atoms with van der Waals surface area (Å²) in [4.78, 5) is 10.8. The fourth-order valence-electron chi connectivity index (χ4n) is 2.24. The maximum atomic E-state index is 10.8. The molecule has 0 bridgehead atoms. The van der Waals surface area contributed by atoms with E-state index in [0.717, 1.165) is 6.42 Å². The summed E-state index contributed by atoms with van der Waals surface area (Å²) in [5.74, 6) is -0.444. The Kier molecular flexibility index (Phi) is 3.94. The molecule has 0 amide bonds. The van der Waals surface area contributed by atoms with Crippen molar-refractivity contribution in [3.63, 3.8) is 0 Å². The van der Waals surface area contributed by atoms with Crippen LogP contribution in [0.25, 0.3) is 0 Å². The normalized spacial score (nSPS) is 27.7. The number of carbonyl (C=O) groups is 1. The zero-order valence-electron chi connectivity index (χ0n) is 8.93. The van der Waals surface area contributed by atoms with Gasteiger partial charge < -0.3 is 10.8 Å². The summed E-state index contributed by atoms with van der Waals surface area (Å²) in [6.07, 6.45) is 2.13. The Morgan fingerprint density at radius 1 is 1.38 bits per heavy atom. The highest BCUT2D eigenvalue weighted by atomic mass is 35.5. The molecule has 88 valence electrons. The lowest BCUT2D eigenvalue weighted by Crippen LogP contribution is -2.58. The molecule has 1 aromatic rings. The summed E-state index contributed by atoms with van der Waals surface area (Å²) in [5, 5.41) is 8.85. The topological polar surface area (TPSA) is 63.3 Å². The quantitative estimate of drug-likeness (QED) is 0.849. The third kappa shape index (κ3) is 2.54. The largest absolute Gasteiger partial charge is 0.480 e. The molecule has 1 aromatic carbocycles.